The number of carboxylic acids is 1. The van der Waals surface area contributed by atoms with Gasteiger partial charge in [0, 0.05) is 32.9 Å². The Morgan fingerprint density at radius 1 is 1.16 bits per heavy atom. The molecule has 0 saturated carbocycles. The van der Waals surface area contributed by atoms with E-state index in [1.165, 1.54) is 14.0 Å². The number of rotatable bonds is 10. The Morgan fingerprint density at radius 2 is 1.64 bits per heavy atom. The van der Waals surface area contributed by atoms with Gasteiger partial charge in [0.2, 0.25) is 5.91 Å². The van der Waals surface area contributed by atoms with Gasteiger partial charge in [-0.3, -0.25) is 14.4 Å². The number of methoxy groups -OCH3 is 1. The summed E-state index contributed by atoms with van der Waals surface area (Å²) >= 11 is 0. The summed E-state index contributed by atoms with van der Waals surface area (Å²) in [4.78, 5) is 41.4. The average molecular weight is 365 g/mol. The van der Waals surface area contributed by atoms with Gasteiger partial charge in [0.25, 0.3) is 0 Å². The van der Waals surface area contributed by atoms with E-state index in [1.807, 2.05) is 6.79 Å². The summed E-state index contributed by atoms with van der Waals surface area (Å²) in [7, 11) is 1.52. The number of amides is 1. The van der Waals surface area contributed by atoms with E-state index in [1.54, 1.807) is 0 Å². The topological polar surface area (TPSA) is 160 Å². The van der Waals surface area contributed by atoms with Crippen LogP contribution in [0.25, 0.3) is 0 Å². The van der Waals surface area contributed by atoms with E-state index in [0.717, 1.165) is 0 Å². The fourth-order valence-corrected chi connectivity index (χ4v) is 1.63. The zero-order valence-electron chi connectivity index (χ0n) is 13.7. The Hall–Kier alpha value is -2.13. The minimum Gasteiger partial charge on any atom is -0.481 e. The van der Waals surface area contributed by atoms with Crippen LogP contribution < -0.4 is 11.1 Å². The zero-order chi connectivity index (χ0) is 18.8. The van der Waals surface area contributed by atoms with Crippen molar-refractivity contribution in [3.8, 4) is 0 Å². The maximum absolute atomic E-state index is 11.9. The van der Waals surface area contributed by atoms with Gasteiger partial charge >= 0.3 is 5.97 Å². The van der Waals surface area contributed by atoms with Gasteiger partial charge in [-0.2, -0.15) is 0 Å². The molecule has 2 atom stereocenters. The highest BCUT2D eigenvalue weighted by Gasteiger charge is 2.20. The summed E-state index contributed by atoms with van der Waals surface area (Å²) in [6, 6.07) is -1.00. The van der Waals surface area contributed by atoms with E-state index in [-0.39, 0.29) is 51.8 Å². The number of ketones is 1. The summed E-state index contributed by atoms with van der Waals surface area (Å²) in [6.45, 7) is 6.14. The molecule has 1 amide bonds. The van der Waals surface area contributed by atoms with Crippen LogP contribution in [0.5, 0.6) is 0 Å². The van der Waals surface area contributed by atoms with Crippen LogP contribution >= 0.6 is 0 Å². The molecular formula is C16H35N3O6. The van der Waals surface area contributed by atoms with Gasteiger partial charge in [-0.1, -0.05) is 14.9 Å². The standard InChI is InChI=1S/C12H22N2O5.CH3N.CH2O.2CH4/c1-8(15)14-10(4-6-12(17)18)11(16)5-3-9(13)7-19-2;2*1-2;;/h9-10H,3-7,13H2,1-2H3,(H,14,15)(H,17,18);2H,1H2;1H2;2*1H4. The first kappa shape index (κ1) is 34.3. The van der Waals surface area contributed by atoms with Crippen LogP contribution in [0.1, 0.15) is 47.5 Å². The average Bonchev–Trinajstić information content (AvgIpc) is 2.52. The van der Waals surface area contributed by atoms with Gasteiger partial charge in [-0.15, -0.1) is 0 Å². The fraction of sp³-hybridized carbons (Fsp3) is 0.688. The molecule has 5 N–H and O–H groups in total. The maximum atomic E-state index is 11.9. The van der Waals surface area contributed by atoms with Crippen LogP contribution in [0, 0.1) is 5.41 Å². The summed E-state index contributed by atoms with van der Waals surface area (Å²) < 4.78 is 4.86. The number of ether oxygens (including phenoxy) is 1. The Kier molecular flexibility index (Phi) is 33.1. The van der Waals surface area contributed by atoms with E-state index >= 15 is 0 Å². The van der Waals surface area contributed by atoms with Crippen molar-refractivity contribution in [1.29, 1.82) is 5.41 Å². The number of nitrogens with two attached hydrogens (primary N) is 1. The highest BCUT2D eigenvalue weighted by molar-refractivity contribution is 5.88. The number of hydrogen-bond donors (Lipinski definition) is 4. The molecule has 25 heavy (non-hydrogen) atoms. The zero-order valence-corrected chi connectivity index (χ0v) is 13.7. The van der Waals surface area contributed by atoms with Gasteiger partial charge < -0.3 is 31.1 Å². The quantitative estimate of drug-likeness (QED) is 0.420. The second kappa shape index (κ2) is 24.1. The molecule has 0 aliphatic heterocycles. The molecule has 150 valence electrons. The lowest BCUT2D eigenvalue weighted by Crippen LogP contribution is -2.40. The van der Waals surface area contributed by atoms with Crippen molar-refractivity contribution in [3.05, 3.63) is 0 Å². The van der Waals surface area contributed by atoms with Crippen LogP contribution in [0.15, 0.2) is 0 Å². The molecule has 0 aromatic rings. The molecular weight excluding hydrogens is 330 g/mol. The first-order valence-electron chi connectivity index (χ1n) is 6.77. The predicted molar refractivity (Wildman–Crippen MR) is 99.0 cm³/mol. The molecule has 2 unspecified atom stereocenters. The number of carbonyl (C=O) groups is 4. The van der Waals surface area contributed by atoms with Crippen molar-refractivity contribution in [2.75, 3.05) is 13.7 Å². The van der Waals surface area contributed by atoms with E-state index < -0.39 is 12.0 Å². The minimum absolute atomic E-state index is 0. The smallest absolute Gasteiger partial charge is 0.303 e. The number of nitrogens with one attached hydrogen (secondary N) is 2. The highest BCUT2D eigenvalue weighted by atomic mass is 16.5. The SMILES string of the molecule is C.C.C=N.C=O.COCC(N)CCC(=O)C(CCC(=O)O)NC(C)=O. The van der Waals surface area contributed by atoms with Gasteiger partial charge in [0.1, 0.15) is 6.79 Å². The summed E-state index contributed by atoms with van der Waals surface area (Å²) in [5, 5.41) is 16.6. The summed E-state index contributed by atoms with van der Waals surface area (Å²) in [5.41, 5.74) is 5.70. The Balaban J connectivity index is -0.000000206. The molecule has 0 aromatic carbocycles. The summed E-state index contributed by atoms with van der Waals surface area (Å²) in [5.74, 6) is -1.56. The van der Waals surface area contributed by atoms with E-state index in [9.17, 15) is 14.4 Å². The first-order chi connectivity index (χ1) is 10.9. The summed E-state index contributed by atoms with van der Waals surface area (Å²) in [6.07, 6.45) is 0.555. The molecule has 9 heteroatoms. The molecule has 0 aliphatic rings. The van der Waals surface area contributed by atoms with Crippen LogP contribution in [-0.4, -0.2) is 62.1 Å². The van der Waals surface area contributed by atoms with Crippen molar-refractivity contribution in [3.63, 3.8) is 0 Å². The lowest BCUT2D eigenvalue weighted by atomic mass is 10.0. The van der Waals surface area contributed by atoms with Crippen molar-refractivity contribution < 1.29 is 29.0 Å². The van der Waals surface area contributed by atoms with Gasteiger partial charge in [0.15, 0.2) is 5.78 Å². The maximum Gasteiger partial charge on any atom is 0.303 e. The third kappa shape index (κ3) is 24.2. The number of hydrogen-bond acceptors (Lipinski definition) is 7. The monoisotopic (exact) mass is 365 g/mol. The van der Waals surface area contributed by atoms with Crippen molar-refractivity contribution in [1.82, 2.24) is 5.32 Å². The van der Waals surface area contributed by atoms with Crippen LogP contribution in [0.4, 0.5) is 0 Å². The molecule has 0 aliphatic carbocycles. The highest BCUT2D eigenvalue weighted by Crippen LogP contribution is 2.05. The Labute approximate surface area is 150 Å². The molecule has 0 radical (unpaired) electrons. The van der Waals surface area contributed by atoms with E-state index in [0.29, 0.717) is 13.0 Å². The fourth-order valence-electron chi connectivity index (χ4n) is 1.63. The van der Waals surface area contributed by atoms with Crippen molar-refractivity contribution in [2.24, 2.45) is 5.73 Å². The van der Waals surface area contributed by atoms with E-state index in [2.05, 4.69) is 12.0 Å². The number of carbonyl (C=O) groups excluding carboxylic acids is 3. The lowest BCUT2D eigenvalue weighted by molar-refractivity contribution is -0.137. The molecule has 0 spiro atoms. The molecule has 0 saturated heterocycles. The Bertz CT molecular complexity index is 351. The molecule has 0 bridgehead atoms. The van der Waals surface area contributed by atoms with Crippen molar-refractivity contribution >= 4 is 31.2 Å². The molecule has 0 rings (SSSR count). The van der Waals surface area contributed by atoms with Crippen LogP contribution in [0.2, 0.25) is 0 Å². The van der Waals surface area contributed by atoms with Crippen molar-refractivity contribution in [2.45, 2.75) is 59.5 Å². The van der Waals surface area contributed by atoms with Crippen LogP contribution in [-0.2, 0) is 23.9 Å². The molecule has 9 nitrogen and oxygen atoms in total. The third-order valence-electron chi connectivity index (χ3n) is 2.56. The minimum atomic E-state index is -1.00. The second-order valence-corrected chi connectivity index (χ2v) is 4.41. The third-order valence-corrected chi connectivity index (χ3v) is 2.56. The number of Topliss-reactive ketones (excluding diaryl/α,β-unsaturated/α-hetero) is 1. The first-order valence-corrected chi connectivity index (χ1v) is 6.77. The molecule has 0 heterocycles. The molecule has 0 aromatic heterocycles. The van der Waals surface area contributed by atoms with E-state index in [4.69, 9.17) is 25.8 Å². The molecule has 0 fully saturated rings. The number of carboxylic acid groups (broad SMARTS) is 1. The normalized spacial score (nSPS) is 10.7. The van der Waals surface area contributed by atoms with Gasteiger partial charge in [-0.05, 0) is 19.6 Å². The lowest BCUT2D eigenvalue weighted by Gasteiger charge is -2.17. The van der Waals surface area contributed by atoms with Gasteiger partial charge in [-0.25, -0.2) is 0 Å². The van der Waals surface area contributed by atoms with Gasteiger partial charge in [0.05, 0.1) is 12.6 Å². The predicted octanol–water partition coefficient (Wildman–Crippen LogP) is 1.03. The second-order valence-electron chi connectivity index (χ2n) is 4.41. The Morgan fingerprint density at radius 3 is 2.00 bits per heavy atom. The number of aliphatic carboxylic acids is 1. The largest absolute Gasteiger partial charge is 0.481 e. The van der Waals surface area contributed by atoms with Crippen LogP contribution in [0.3, 0.4) is 0 Å².